The standard InChI is InChI=1S/C16H21N3O2/c1-12(2)16-18-14(11-21-16)9-19-6-7-20-15(10-19)13-4-3-5-17-8-13/h3-5,8,11-12,15H,6-7,9-10H2,1-2H3/t15-/m1/s1. The van der Waals surface area contributed by atoms with Gasteiger partial charge in [0.1, 0.15) is 6.26 Å². The van der Waals surface area contributed by atoms with Crippen LogP contribution in [-0.2, 0) is 11.3 Å². The van der Waals surface area contributed by atoms with Gasteiger partial charge in [0.25, 0.3) is 0 Å². The topological polar surface area (TPSA) is 51.4 Å². The van der Waals surface area contributed by atoms with Crippen LogP contribution in [0.1, 0.15) is 43.0 Å². The maximum Gasteiger partial charge on any atom is 0.196 e. The van der Waals surface area contributed by atoms with E-state index in [9.17, 15) is 0 Å². The number of hydrogen-bond acceptors (Lipinski definition) is 5. The van der Waals surface area contributed by atoms with Gasteiger partial charge in [0.05, 0.1) is 18.4 Å². The molecule has 5 nitrogen and oxygen atoms in total. The van der Waals surface area contributed by atoms with Crippen LogP contribution in [0.3, 0.4) is 0 Å². The van der Waals surface area contributed by atoms with E-state index in [1.807, 2.05) is 12.3 Å². The third-order valence-electron chi connectivity index (χ3n) is 3.66. The molecule has 0 saturated carbocycles. The van der Waals surface area contributed by atoms with Crippen molar-refractivity contribution in [1.82, 2.24) is 14.9 Å². The zero-order valence-electron chi connectivity index (χ0n) is 12.5. The van der Waals surface area contributed by atoms with E-state index in [2.05, 4.69) is 34.8 Å². The maximum atomic E-state index is 5.85. The Kier molecular flexibility index (Phi) is 4.31. The fraction of sp³-hybridized carbons (Fsp3) is 0.500. The molecule has 1 saturated heterocycles. The van der Waals surface area contributed by atoms with E-state index in [1.165, 1.54) is 0 Å². The Morgan fingerprint density at radius 3 is 3.05 bits per heavy atom. The van der Waals surface area contributed by atoms with E-state index < -0.39 is 0 Å². The molecule has 3 heterocycles. The van der Waals surface area contributed by atoms with Crippen LogP contribution in [0.25, 0.3) is 0 Å². The lowest BCUT2D eigenvalue weighted by Gasteiger charge is -2.32. The largest absolute Gasteiger partial charge is 0.448 e. The molecule has 3 rings (SSSR count). The predicted molar refractivity (Wildman–Crippen MR) is 78.8 cm³/mol. The number of aromatic nitrogens is 2. The molecule has 5 heteroatoms. The highest BCUT2D eigenvalue weighted by Gasteiger charge is 2.23. The molecule has 2 aromatic heterocycles. The van der Waals surface area contributed by atoms with Crippen molar-refractivity contribution in [1.29, 1.82) is 0 Å². The van der Waals surface area contributed by atoms with Gasteiger partial charge in [0.2, 0.25) is 0 Å². The van der Waals surface area contributed by atoms with Crippen molar-refractivity contribution in [2.45, 2.75) is 32.4 Å². The van der Waals surface area contributed by atoms with Crippen molar-refractivity contribution in [3.05, 3.63) is 47.9 Å². The molecule has 2 aromatic rings. The predicted octanol–water partition coefficient (Wildman–Crippen LogP) is 2.77. The highest BCUT2D eigenvalue weighted by molar-refractivity contribution is 5.13. The van der Waals surface area contributed by atoms with E-state index in [1.54, 1.807) is 12.5 Å². The van der Waals surface area contributed by atoms with E-state index >= 15 is 0 Å². The van der Waals surface area contributed by atoms with Crippen LogP contribution in [0.5, 0.6) is 0 Å². The highest BCUT2D eigenvalue weighted by Crippen LogP contribution is 2.23. The molecule has 21 heavy (non-hydrogen) atoms. The van der Waals surface area contributed by atoms with Crippen LogP contribution in [-0.4, -0.2) is 34.6 Å². The molecule has 0 aromatic carbocycles. The molecule has 0 spiro atoms. The Morgan fingerprint density at radius 1 is 1.43 bits per heavy atom. The average Bonchev–Trinajstić information content (AvgIpc) is 2.97. The third kappa shape index (κ3) is 3.49. The molecule has 1 aliphatic rings. The Labute approximate surface area is 125 Å². The van der Waals surface area contributed by atoms with Gasteiger partial charge in [-0.1, -0.05) is 19.9 Å². The SMILES string of the molecule is CC(C)c1nc(CN2CCO[C@@H](c3cccnc3)C2)co1. The highest BCUT2D eigenvalue weighted by atomic mass is 16.5. The number of pyridine rings is 1. The summed E-state index contributed by atoms with van der Waals surface area (Å²) >= 11 is 0. The van der Waals surface area contributed by atoms with Crippen LogP contribution in [0, 0.1) is 0 Å². The van der Waals surface area contributed by atoms with Gasteiger partial charge in [-0.2, -0.15) is 0 Å². The summed E-state index contributed by atoms with van der Waals surface area (Å²) in [7, 11) is 0. The first-order valence-corrected chi connectivity index (χ1v) is 7.40. The van der Waals surface area contributed by atoms with Gasteiger partial charge >= 0.3 is 0 Å². The zero-order chi connectivity index (χ0) is 14.7. The van der Waals surface area contributed by atoms with E-state index in [4.69, 9.17) is 9.15 Å². The van der Waals surface area contributed by atoms with Crippen LogP contribution in [0.2, 0.25) is 0 Å². The number of morpholine rings is 1. The minimum Gasteiger partial charge on any atom is -0.448 e. The fourth-order valence-electron chi connectivity index (χ4n) is 2.50. The van der Waals surface area contributed by atoms with Crippen LogP contribution in [0.4, 0.5) is 0 Å². The van der Waals surface area contributed by atoms with Gasteiger partial charge in [-0.25, -0.2) is 4.98 Å². The normalized spacial score (nSPS) is 20.0. The van der Waals surface area contributed by atoms with Crippen molar-refractivity contribution in [2.24, 2.45) is 0 Å². The van der Waals surface area contributed by atoms with Crippen molar-refractivity contribution >= 4 is 0 Å². The number of rotatable bonds is 4. The van der Waals surface area contributed by atoms with Crippen molar-refractivity contribution in [3.63, 3.8) is 0 Å². The minimum atomic E-state index is 0.0870. The van der Waals surface area contributed by atoms with Crippen molar-refractivity contribution in [3.8, 4) is 0 Å². The smallest absolute Gasteiger partial charge is 0.196 e. The van der Waals surface area contributed by atoms with Gasteiger partial charge in [0.15, 0.2) is 5.89 Å². The summed E-state index contributed by atoms with van der Waals surface area (Å²) in [6.45, 7) is 7.48. The molecule has 0 radical (unpaired) electrons. The second-order valence-electron chi connectivity index (χ2n) is 5.71. The lowest BCUT2D eigenvalue weighted by Crippen LogP contribution is -2.37. The third-order valence-corrected chi connectivity index (χ3v) is 3.66. The molecule has 1 fully saturated rings. The molecule has 0 amide bonds. The number of nitrogens with zero attached hydrogens (tertiary/aromatic N) is 3. The summed E-state index contributed by atoms with van der Waals surface area (Å²) < 4.78 is 11.3. The first-order chi connectivity index (χ1) is 10.2. The van der Waals surface area contributed by atoms with E-state index in [0.29, 0.717) is 5.92 Å². The zero-order valence-corrected chi connectivity index (χ0v) is 12.5. The van der Waals surface area contributed by atoms with E-state index in [0.717, 1.165) is 43.4 Å². The first-order valence-electron chi connectivity index (χ1n) is 7.40. The van der Waals surface area contributed by atoms with Crippen LogP contribution in [0.15, 0.2) is 35.2 Å². The lowest BCUT2D eigenvalue weighted by atomic mass is 10.1. The summed E-state index contributed by atoms with van der Waals surface area (Å²) in [5.74, 6) is 1.13. The molecule has 1 aliphatic heterocycles. The van der Waals surface area contributed by atoms with Gasteiger partial charge in [-0.3, -0.25) is 9.88 Å². The molecule has 0 aliphatic carbocycles. The molecular weight excluding hydrogens is 266 g/mol. The molecule has 0 bridgehead atoms. The molecular formula is C16H21N3O2. The van der Waals surface area contributed by atoms with Gasteiger partial charge in [0, 0.05) is 43.5 Å². The Hall–Kier alpha value is -1.72. The summed E-state index contributed by atoms with van der Waals surface area (Å²) in [5, 5.41) is 0. The summed E-state index contributed by atoms with van der Waals surface area (Å²) in [6.07, 6.45) is 5.52. The number of oxazole rings is 1. The number of hydrogen-bond donors (Lipinski definition) is 0. The second kappa shape index (κ2) is 6.37. The van der Waals surface area contributed by atoms with Gasteiger partial charge < -0.3 is 9.15 Å². The van der Waals surface area contributed by atoms with Gasteiger partial charge in [-0.15, -0.1) is 0 Å². The second-order valence-corrected chi connectivity index (χ2v) is 5.71. The monoisotopic (exact) mass is 287 g/mol. The van der Waals surface area contributed by atoms with Crippen LogP contribution < -0.4 is 0 Å². The number of ether oxygens (including phenoxy) is 1. The summed E-state index contributed by atoms with van der Waals surface area (Å²) in [5.41, 5.74) is 2.12. The minimum absolute atomic E-state index is 0.0870. The Balaban J connectivity index is 1.63. The quantitative estimate of drug-likeness (QED) is 0.865. The maximum absolute atomic E-state index is 5.85. The van der Waals surface area contributed by atoms with Crippen molar-refractivity contribution in [2.75, 3.05) is 19.7 Å². The van der Waals surface area contributed by atoms with Crippen molar-refractivity contribution < 1.29 is 9.15 Å². The molecule has 1 atom stereocenters. The molecule has 0 unspecified atom stereocenters. The van der Waals surface area contributed by atoms with E-state index in [-0.39, 0.29) is 6.10 Å². The van der Waals surface area contributed by atoms with Gasteiger partial charge in [-0.05, 0) is 6.07 Å². The first kappa shape index (κ1) is 14.2. The summed E-state index contributed by atoms with van der Waals surface area (Å²) in [6, 6.07) is 4.01. The molecule has 0 N–H and O–H groups in total. The summed E-state index contributed by atoms with van der Waals surface area (Å²) in [4.78, 5) is 11.1. The average molecular weight is 287 g/mol. The lowest BCUT2D eigenvalue weighted by molar-refractivity contribution is -0.0334. The fourth-order valence-corrected chi connectivity index (χ4v) is 2.50. The Bertz CT molecular complexity index is 568. The molecule has 112 valence electrons. The Morgan fingerprint density at radius 2 is 2.33 bits per heavy atom. The van der Waals surface area contributed by atoms with Crippen LogP contribution >= 0.6 is 0 Å².